The number of halogens is 1. The molecule has 8 heteroatoms. The summed E-state index contributed by atoms with van der Waals surface area (Å²) in [4.78, 5) is 12.5. The molecule has 0 unspecified atom stereocenters. The Kier molecular flexibility index (Phi) is 7.10. The first-order valence-corrected chi connectivity index (χ1v) is 10.6. The molecule has 27 heavy (non-hydrogen) atoms. The third-order valence-electron chi connectivity index (χ3n) is 3.92. The predicted octanol–water partition coefficient (Wildman–Crippen LogP) is 3.00. The van der Waals surface area contributed by atoms with Gasteiger partial charge in [0.25, 0.3) is 0 Å². The molecule has 146 valence electrons. The number of sulfonamides is 1. The molecule has 0 aliphatic carbocycles. The Labute approximate surface area is 165 Å². The van der Waals surface area contributed by atoms with Gasteiger partial charge in [-0.1, -0.05) is 29.8 Å². The first kappa shape index (κ1) is 21.1. The second-order valence-electron chi connectivity index (χ2n) is 6.12. The van der Waals surface area contributed by atoms with Gasteiger partial charge in [0.15, 0.2) is 0 Å². The molecule has 0 saturated heterocycles. The van der Waals surface area contributed by atoms with Crippen LogP contribution in [0.2, 0.25) is 5.02 Å². The number of amides is 1. The largest absolute Gasteiger partial charge is 0.491 e. The van der Waals surface area contributed by atoms with E-state index < -0.39 is 22.0 Å². The fraction of sp³-hybridized carbons (Fsp3) is 0.316. The summed E-state index contributed by atoms with van der Waals surface area (Å²) in [5, 5.41) is 3.19. The van der Waals surface area contributed by atoms with E-state index in [1.807, 2.05) is 31.2 Å². The third-order valence-corrected chi connectivity index (χ3v) is 5.42. The number of ether oxygens (including phenoxy) is 1. The highest BCUT2D eigenvalue weighted by atomic mass is 35.5. The minimum absolute atomic E-state index is 0.260. The molecule has 0 aliphatic rings. The van der Waals surface area contributed by atoms with E-state index in [4.69, 9.17) is 16.3 Å². The van der Waals surface area contributed by atoms with Crippen LogP contribution in [0.5, 0.6) is 5.75 Å². The Morgan fingerprint density at radius 1 is 1.19 bits per heavy atom. The molecule has 0 aliphatic heterocycles. The van der Waals surface area contributed by atoms with E-state index in [9.17, 15) is 13.2 Å². The SMILES string of the molecule is Cc1ccccc1OCCNC(=O)[C@@H](C)N(c1ccc(Cl)cc1)S(C)(=O)=O. The van der Waals surface area contributed by atoms with Crippen molar-refractivity contribution in [2.45, 2.75) is 19.9 Å². The topological polar surface area (TPSA) is 75.7 Å². The normalized spacial score (nSPS) is 12.3. The molecule has 0 bridgehead atoms. The van der Waals surface area contributed by atoms with Gasteiger partial charge in [-0.3, -0.25) is 9.10 Å². The van der Waals surface area contributed by atoms with E-state index in [2.05, 4.69) is 5.32 Å². The molecule has 0 aromatic heterocycles. The van der Waals surface area contributed by atoms with Gasteiger partial charge in [0.05, 0.1) is 18.5 Å². The first-order valence-electron chi connectivity index (χ1n) is 8.41. The predicted molar refractivity (Wildman–Crippen MR) is 108 cm³/mol. The smallest absolute Gasteiger partial charge is 0.243 e. The molecule has 1 amide bonds. The summed E-state index contributed by atoms with van der Waals surface area (Å²) in [7, 11) is -3.66. The van der Waals surface area contributed by atoms with Crippen molar-refractivity contribution in [3.63, 3.8) is 0 Å². The molecule has 1 atom stereocenters. The van der Waals surface area contributed by atoms with Crippen LogP contribution in [0, 0.1) is 6.92 Å². The van der Waals surface area contributed by atoms with Crippen LogP contribution < -0.4 is 14.4 Å². The molecule has 0 radical (unpaired) electrons. The number of carbonyl (C=O) groups is 1. The summed E-state index contributed by atoms with van der Waals surface area (Å²) in [5.41, 5.74) is 1.38. The van der Waals surface area contributed by atoms with Crippen LogP contribution in [0.25, 0.3) is 0 Å². The minimum Gasteiger partial charge on any atom is -0.491 e. The van der Waals surface area contributed by atoms with Crippen molar-refractivity contribution in [1.82, 2.24) is 5.32 Å². The quantitative estimate of drug-likeness (QED) is 0.679. The fourth-order valence-electron chi connectivity index (χ4n) is 2.60. The lowest BCUT2D eigenvalue weighted by molar-refractivity contribution is -0.121. The van der Waals surface area contributed by atoms with Gasteiger partial charge < -0.3 is 10.1 Å². The van der Waals surface area contributed by atoms with E-state index in [0.29, 0.717) is 10.7 Å². The molecule has 6 nitrogen and oxygen atoms in total. The van der Waals surface area contributed by atoms with Crippen molar-refractivity contribution < 1.29 is 17.9 Å². The number of hydrogen-bond donors (Lipinski definition) is 1. The zero-order chi connectivity index (χ0) is 20.0. The van der Waals surface area contributed by atoms with Crippen LogP contribution in [0.15, 0.2) is 48.5 Å². The van der Waals surface area contributed by atoms with E-state index in [-0.39, 0.29) is 13.2 Å². The monoisotopic (exact) mass is 410 g/mol. The van der Waals surface area contributed by atoms with Crippen LogP contribution in [0.4, 0.5) is 5.69 Å². The Morgan fingerprint density at radius 3 is 2.41 bits per heavy atom. The average Bonchev–Trinajstić information content (AvgIpc) is 2.60. The van der Waals surface area contributed by atoms with Crippen LogP contribution in [0.3, 0.4) is 0 Å². The molecule has 2 aromatic rings. The number of hydrogen-bond acceptors (Lipinski definition) is 4. The number of benzene rings is 2. The van der Waals surface area contributed by atoms with Crippen molar-refractivity contribution in [2.75, 3.05) is 23.7 Å². The van der Waals surface area contributed by atoms with Gasteiger partial charge in [0.2, 0.25) is 15.9 Å². The van der Waals surface area contributed by atoms with E-state index in [0.717, 1.165) is 21.9 Å². The molecule has 0 spiro atoms. The average molecular weight is 411 g/mol. The summed E-state index contributed by atoms with van der Waals surface area (Å²) in [6, 6.07) is 13.0. The molecule has 0 fully saturated rings. The lowest BCUT2D eigenvalue weighted by Gasteiger charge is -2.28. The number of rotatable bonds is 8. The van der Waals surface area contributed by atoms with Crippen LogP contribution in [-0.2, 0) is 14.8 Å². The zero-order valence-electron chi connectivity index (χ0n) is 15.5. The number of aryl methyl sites for hydroxylation is 1. The Balaban J connectivity index is 1.98. The molecular weight excluding hydrogens is 388 g/mol. The number of nitrogens with zero attached hydrogens (tertiary/aromatic N) is 1. The number of carbonyl (C=O) groups excluding carboxylic acids is 1. The summed E-state index contributed by atoms with van der Waals surface area (Å²) >= 11 is 5.86. The maximum atomic E-state index is 12.5. The summed E-state index contributed by atoms with van der Waals surface area (Å²) in [6.45, 7) is 4.01. The molecule has 0 heterocycles. The Hall–Kier alpha value is -2.25. The summed E-state index contributed by atoms with van der Waals surface area (Å²) in [5.74, 6) is 0.336. The maximum Gasteiger partial charge on any atom is 0.243 e. The third kappa shape index (κ3) is 5.87. The van der Waals surface area contributed by atoms with Crippen molar-refractivity contribution >= 4 is 33.2 Å². The summed E-state index contributed by atoms with van der Waals surface area (Å²) < 4.78 is 31.1. The molecule has 2 rings (SSSR count). The lowest BCUT2D eigenvalue weighted by atomic mass is 10.2. The van der Waals surface area contributed by atoms with Gasteiger partial charge in [-0.05, 0) is 49.7 Å². The van der Waals surface area contributed by atoms with Crippen LogP contribution >= 0.6 is 11.6 Å². The van der Waals surface area contributed by atoms with Gasteiger partial charge >= 0.3 is 0 Å². The van der Waals surface area contributed by atoms with Crippen molar-refractivity contribution in [1.29, 1.82) is 0 Å². The second kappa shape index (κ2) is 9.10. The van der Waals surface area contributed by atoms with Crippen molar-refractivity contribution in [3.05, 3.63) is 59.1 Å². The molecule has 1 N–H and O–H groups in total. The van der Waals surface area contributed by atoms with Gasteiger partial charge in [-0.25, -0.2) is 8.42 Å². The van der Waals surface area contributed by atoms with E-state index >= 15 is 0 Å². The van der Waals surface area contributed by atoms with Crippen LogP contribution in [0.1, 0.15) is 12.5 Å². The highest BCUT2D eigenvalue weighted by molar-refractivity contribution is 7.92. The molecule has 0 saturated carbocycles. The highest BCUT2D eigenvalue weighted by Gasteiger charge is 2.28. The standard InChI is InChI=1S/C19H23ClN2O4S/c1-14-6-4-5-7-18(14)26-13-12-21-19(23)15(2)22(27(3,24)25)17-10-8-16(20)9-11-17/h4-11,15H,12-13H2,1-3H3,(H,21,23)/t15-/m1/s1. The highest BCUT2D eigenvalue weighted by Crippen LogP contribution is 2.23. The van der Waals surface area contributed by atoms with Gasteiger partial charge in [0, 0.05) is 5.02 Å². The molecular formula is C19H23ClN2O4S. The maximum absolute atomic E-state index is 12.5. The lowest BCUT2D eigenvalue weighted by Crippen LogP contribution is -2.48. The van der Waals surface area contributed by atoms with E-state index in [1.54, 1.807) is 24.3 Å². The minimum atomic E-state index is -3.66. The zero-order valence-corrected chi connectivity index (χ0v) is 17.0. The van der Waals surface area contributed by atoms with E-state index in [1.165, 1.54) is 6.92 Å². The van der Waals surface area contributed by atoms with Gasteiger partial charge in [-0.2, -0.15) is 0 Å². The fourth-order valence-corrected chi connectivity index (χ4v) is 3.90. The summed E-state index contributed by atoms with van der Waals surface area (Å²) in [6.07, 6.45) is 1.06. The number of nitrogens with one attached hydrogen (secondary N) is 1. The molecule has 2 aromatic carbocycles. The number of anilines is 1. The van der Waals surface area contributed by atoms with Crippen molar-refractivity contribution in [2.24, 2.45) is 0 Å². The Bertz CT molecular complexity index is 885. The van der Waals surface area contributed by atoms with Crippen molar-refractivity contribution in [3.8, 4) is 5.75 Å². The van der Waals surface area contributed by atoms with Gasteiger partial charge in [-0.15, -0.1) is 0 Å². The number of para-hydroxylation sites is 1. The first-order chi connectivity index (χ1) is 12.7. The Morgan fingerprint density at radius 2 is 1.81 bits per heavy atom. The van der Waals surface area contributed by atoms with Crippen LogP contribution in [-0.4, -0.2) is 39.8 Å². The second-order valence-corrected chi connectivity index (χ2v) is 8.41. The van der Waals surface area contributed by atoms with Gasteiger partial charge in [0.1, 0.15) is 18.4 Å².